The van der Waals surface area contributed by atoms with E-state index in [9.17, 15) is 4.79 Å². The maximum Gasteiger partial charge on any atom is 0.284 e. The van der Waals surface area contributed by atoms with Gasteiger partial charge in [0.15, 0.2) is 0 Å². The fourth-order valence-electron chi connectivity index (χ4n) is 1.10. The smallest absolute Gasteiger partial charge is 0.284 e. The van der Waals surface area contributed by atoms with Gasteiger partial charge in [0, 0.05) is 6.54 Å². The van der Waals surface area contributed by atoms with Crippen LogP contribution in [0.3, 0.4) is 0 Å². The Kier molecular flexibility index (Phi) is 4.80. The normalized spacial score (nSPS) is 9.50. The van der Waals surface area contributed by atoms with Gasteiger partial charge >= 0.3 is 0 Å². The number of aromatic nitrogens is 2. The molecule has 0 atom stereocenters. The Hall–Kier alpha value is -1.54. The Morgan fingerprint density at radius 3 is 3.12 bits per heavy atom. The van der Waals surface area contributed by atoms with E-state index in [0.29, 0.717) is 16.7 Å². The van der Waals surface area contributed by atoms with E-state index in [-0.39, 0.29) is 12.1 Å². The molecule has 1 rings (SSSR count). The molecule has 5 heteroatoms. The maximum absolute atomic E-state index is 11.7. The molecule has 4 nitrogen and oxygen atoms in total. The van der Waals surface area contributed by atoms with Gasteiger partial charge < -0.3 is 5.32 Å². The molecule has 1 aromatic heterocycles. The number of terminal acetylenes is 1. The first kappa shape index (κ1) is 12.5. The molecular formula is C11H12BrN3O. The van der Waals surface area contributed by atoms with Gasteiger partial charge in [0.25, 0.3) is 5.56 Å². The topological polar surface area (TPSA) is 46.9 Å². The lowest BCUT2D eigenvalue weighted by atomic mass is 10.4. The second-order valence-corrected chi connectivity index (χ2v) is 3.84. The first-order chi connectivity index (χ1) is 7.70. The van der Waals surface area contributed by atoms with Gasteiger partial charge in [-0.3, -0.25) is 4.79 Å². The van der Waals surface area contributed by atoms with E-state index in [4.69, 9.17) is 6.42 Å². The molecule has 0 spiro atoms. The summed E-state index contributed by atoms with van der Waals surface area (Å²) in [6.07, 6.45) is 9.32. The molecule has 1 heterocycles. The third kappa shape index (κ3) is 2.97. The lowest BCUT2D eigenvalue weighted by Crippen LogP contribution is -2.24. The van der Waals surface area contributed by atoms with Gasteiger partial charge in [-0.15, -0.1) is 13.0 Å². The third-order valence-electron chi connectivity index (χ3n) is 1.89. The van der Waals surface area contributed by atoms with Crippen molar-refractivity contribution in [1.82, 2.24) is 9.78 Å². The first-order valence-corrected chi connectivity index (χ1v) is 5.54. The van der Waals surface area contributed by atoms with Crippen LogP contribution in [-0.2, 0) is 6.54 Å². The summed E-state index contributed by atoms with van der Waals surface area (Å²) < 4.78 is 1.67. The van der Waals surface area contributed by atoms with Crippen molar-refractivity contribution in [3.05, 3.63) is 33.7 Å². The summed E-state index contributed by atoms with van der Waals surface area (Å²) in [6, 6.07) is 0. The minimum absolute atomic E-state index is 0.171. The molecule has 0 saturated heterocycles. The number of anilines is 1. The highest BCUT2D eigenvalue weighted by molar-refractivity contribution is 9.10. The molecule has 16 heavy (non-hydrogen) atoms. The number of rotatable bonds is 5. The van der Waals surface area contributed by atoms with Gasteiger partial charge in [0.2, 0.25) is 0 Å². The number of hydrogen-bond donors (Lipinski definition) is 1. The fraction of sp³-hybridized carbons (Fsp3) is 0.273. The Morgan fingerprint density at radius 1 is 1.75 bits per heavy atom. The molecule has 0 fully saturated rings. The van der Waals surface area contributed by atoms with Gasteiger partial charge in [-0.1, -0.05) is 12.0 Å². The van der Waals surface area contributed by atoms with E-state index >= 15 is 0 Å². The van der Waals surface area contributed by atoms with Crippen molar-refractivity contribution in [2.75, 3.05) is 11.9 Å². The SMILES string of the molecule is C#CCn1ncc(NCCC=C)c(Br)c1=O. The largest absolute Gasteiger partial charge is 0.382 e. The molecule has 0 radical (unpaired) electrons. The van der Waals surface area contributed by atoms with Crippen LogP contribution in [0.1, 0.15) is 6.42 Å². The van der Waals surface area contributed by atoms with Crippen molar-refractivity contribution in [3.63, 3.8) is 0 Å². The van der Waals surface area contributed by atoms with E-state index in [1.165, 1.54) is 4.68 Å². The predicted octanol–water partition coefficient (Wildman–Crippen LogP) is 1.63. The van der Waals surface area contributed by atoms with E-state index in [1.807, 2.05) is 0 Å². The number of halogens is 1. The van der Waals surface area contributed by atoms with Gasteiger partial charge in [0.1, 0.15) is 11.0 Å². The number of nitrogens with zero attached hydrogens (tertiary/aromatic N) is 2. The van der Waals surface area contributed by atoms with Gasteiger partial charge in [-0.2, -0.15) is 5.10 Å². The zero-order valence-electron chi connectivity index (χ0n) is 8.74. The van der Waals surface area contributed by atoms with Crippen LogP contribution in [0.2, 0.25) is 0 Å². The standard InChI is InChI=1S/C11H12BrN3O/c1-3-5-6-13-9-8-14-15(7-4-2)11(16)10(9)12/h2-3,8,13H,1,5-7H2. The van der Waals surface area contributed by atoms with Crippen molar-refractivity contribution in [2.45, 2.75) is 13.0 Å². The van der Waals surface area contributed by atoms with Crippen molar-refractivity contribution in [1.29, 1.82) is 0 Å². The van der Waals surface area contributed by atoms with Crippen LogP contribution in [0, 0.1) is 12.3 Å². The summed E-state index contributed by atoms with van der Waals surface area (Å²) in [7, 11) is 0. The molecule has 84 valence electrons. The minimum atomic E-state index is -0.235. The van der Waals surface area contributed by atoms with Gasteiger partial charge in [-0.05, 0) is 22.4 Å². The lowest BCUT2D eigenvalue weighted by Gasteiger charge is -2.07. The van der Waals surface area contributed by atoms with E-state index in [2.05, 4.69) is 38.8 Å². The predicted molar refractivity (Wildman–Crippen MR) is 68.3 cm³/mol. The monoisotopic (exact) mass is 281 g/mol. The van der Waals surface area contributed by atoms with Crippen molar-refractivity contribution >= 4 is 21.6 Å². The minimum Gasteiger partial charge on any atom is -0.382 e. The van der Waals surface area contributed by atoms with E-state index in [0.717, 1.165) is 6.42 Å². The van der Waals surface area contributed by atoms with Crippen LogP contribution in [-0.4, -0.2) is 16.3 Å². The molecule has 0 aliphatic rings. The van der Waals surface area contributed by atoms with Gasteiger partial charge in [0.05, 0.1) is 11.9 Å². The molecular weight excluding hydrogens is 270 g/mol. The number of nitrogens with one attached hydrogen (secondary N) is 1. The summed E-state index contributed by atoms with van der Waals surface area (Å²) in [4.78, 5) is 11.7. The summed E-state index contributed by atoms with van der Waals surface area (Å²) >= 11 is 3.22. The van der Waals surface area contributed by atoms with Crippen LogP contribution in [0.15, 0.2) is 28.1 Å². The summed E-state index contributed by atoms with van der Waals surface area (Å²) in [5.74, 6) is 2.37. The van der Waals surface area contributed by atoms with Crippen molar-refractivity contribution < 1.29 is 0 Å². The van der Waals surface area contributed by atoms with E-state index < -0.39 is 0 Å². The fourth-order valence-corrected chi connectivity index (χ4v) is 1.54. The second kappa shape index (κ2) is 6.13. The van der Waals surface area contributed by atoms with Crippen LogP contribution >= 0.6 is 15.9 Å². The molecule has 0 unspecified atom stereocenters. The summed E-state index contributed by atoms with van der Waals surface area (Å²) in [5, 5.41) is 7.03. The quantitative estimate of drug-likeness (QED) is 0.507. The average Bonchev–Trinajstić information content (AvgIpc) is 2.28. The van der Waals surface area contributed by atoms with Gasteiger partial charge in [-0.25, -0.2) is 4.68 Å². The molecule has 0 saturated carbocycles. The lowest BCUT2D eigenvalue weighted by molar-refractivity contribution is 0.659. The Morgan fingerprint density at radius 2 is 2.50 bits per heavy atom. The molecule has 1 aromatic rings. The first-order valence-electron chi connectivity index (χ1n) is 4.74. The van der Waals surface area contributed by atoms with Crippen molar-refractivity contribution in [2.24, 2.45) is 0 Å². The Labute approximate surface area is 102 Å². The number of hydrogen-bond acceptors (Lipinski definition) is 3. The highest BCUT2D eigenvalue weighted by atomic mass is 79.9. The molecule has 0 amide bonds. The second-order valence-electron chi connectivity index (χ2n) is 3.04. The zero-order valence-corrected chi connectivity index (χ0v) is 10.3. The van der Waals surface area contributed by atoms with Crippen molar-refractivity contribution in [3.8, 4) is 12.3 Å². The molecule has 1 N–H and O–H groups in total. The highest BCUT2D eigenvalue weighted by Gasteiger charge is 2.06. The molecule has 0 aliphatic heterocycles. The third-order valence-corrected chi connectivity index (χ3v) is 2.66. The Balaban J connectivity index is 2.90. The summed E-state index contributed by atoms with van der Waals surface area (Å²) in [6.45, 7) is 4.50. The molecule has 0 aliphatic carbocycles. The molecule has 0 aromatic carbocycles. The highest BCUT2D eigenvalue weighted by Crippen LogP contribution is 2.15. The molecule has 0 bridgehead atoms. The van der Waals surface area contributed by atoms with Crippen LogP contribution in [0.4, 0.5) is 5.69 Å². The summed E-state index contributed by atoms with van der Waals surface area (Å²) in [5.41, 5.74) is 0.432. The van der Waals surface area contributed by atoms with E-state index in [1.54, 1.807) is 12.3 Å². The maximum atomic E-state index is 11.7. The van der Waals surface area contributed by atoms with Crippen LogP contribution in [0.5, 0.6) is 0 Å². The average molecular weight is 282 g/mol. The Bertz CT molecular complexity index is 473. The van der Waals surface area contributed by atoms with Crippen LogP contribution in [0.25, 0.3) is 0 Å². The van der Waals surface area contributed by atoms with Crippen LogP contribution < -0.4 is 10.9 Å². The zero-order chi connectivity index (χ0) is 12.0.